The summed E-state index contributed by atoms with van der Waals surface area (Å²) in [5.74, 6) is -0.931. The van der Waals surface area contributed by atoms with E-state index in [0.29, 0.717) is 5.75 Å². The fourth-order valence-corrected chi connectivity index (χ4v) is 2.03. The summed E-state index contributed by atoms with van der Waals surface area (Å²) >= 11 is 0. The lowest BCUT2D eigenvalue weighted by molar-refractivity contribution is -0.144. The summed E-state index contributed by atoms with van der Waals surface area (Å²) in [6.45, 7) is 1.95. The Morgan fingerprint density at radius 3 is 2.52 bits per heavy atom. The molecular weight excluding hydrogens is 300 g/mol. The first-order valence-electron chi connectivity index (χ1n) is 7.34. The Kier molecular flexibility index (Phi) is 7.59. The molecule has 0 unspecified atom stereocenters. The molecular formula is C16H22N2O5. The monoisotopic (exact) mass is 322 g/mol. The quantitative estimate of drug-likeness (QED) is 0.646. The van der Waals surface area contributed by atoms with Gasteiger partial charge in [-0.05, 0) is 18.6 Å². The van der Waals surface area contributed by atoms with E-state index < -0.39 is 23.8 Å². The third-order valence-electron chi connectivity index (χ3n) is 3.16. The number of nitrogens with two attached hydrogens (primary N) is 1. The molecule has 0 spiro atoms. The number of amides is 2. The van der Waals surface area contributed by atoms with Crippen LogP contribution in [0.5, 0.6) is 5.75 Å². The molecule has 2 amide bonds. The number of carbonyl (C=O) groups is 3. The molecule has 0 fully saturated rings. The maximum atomic E-state index is 11.9. The van der Waals surface area contributed by atoms with Crippen LogP contribution in [0.15, 0.2) is 24.3 Å². The zero-order valence-corrected chi connectivity index (χ0v) is 13.3. The lowest BCUT2D eigenvalue weighted by Gasteiger charge is -2.17. The van der Waals surface area contributed by atoms with E-state index in [1.54, 1.807) is 31.2 Å². The molecule has 0 saturated carbocycles. The average Bonchev–Trinajstić information content (AvgIpc) is 2.53. The van der Waals surface area contributed by atoms with Crippen molar-refractivity contribution >= 4 is 17.8 Å². The predicted molar refractivity (Wildman–Crippen MR) is 83.7 cm³/mol. The Balaban J connectivity index is 2.63. The number of esters is 1. The Bertz CT molecular complexity index is 559. The summed E-state index contributed by atoms with van der Waals surface area (Å²) in [5, 5.41) is 2.54. The van der Waals surface area contributed by atoms with E-state index in [0.717, 1.165) is 5.56 Å². The molecule has 1 atom stereocenters. The number of ether oxygens (including phenoxy) is 2. The highest BCUT2D eigenvalue weighted by Crippen LogP contribution is 2.19. The molecule has 7 heteroatoms. The topological polar surface area (TPSA) is 108 Å². The summed E-state index contributed by atoms with van der Waals surface area (Å²) in [6, 6.07) is 6.29. The third-order valence-corrected chi connectivity index (χ3v) is 3.16. The van der Waals surface area contributed by atoms with Crippen LogP contribution >= 0.6 is 0 Å². The van der Waals surface area contributed by atoms with Crippen molar-refractivity contribution in [3.63, 3.8) is 0 Å². The van der Waals surface area contributed by atoms with E-state index >= 15 is 0 Å². The zero-order chi connectivity index (χ0) is 17.2. The van der Waals surface area contributed by atoms with Crippen molar-refractivity contribution in [1.29, 1.82) is 0 Å². The minimum absolute atomic E-state index is 0.0419. The molecule has 0 aromatic heterocycles. The number of nitrogens with one attached hydrogen (secondary N) is 1. The highest BCUT2D eigenvalue weighted by atomic mass is 16.5. The maximum Gasteiger partial charge on any atom is 0.306 e. The van der Waals surface area contributed by atoms with Crippen molar-refractivity contribution in [2.45, 2.75) is 32.2 Å². The van der Waals surface area contributed by atoms with Gasteiger partial charge in [-0.25, -0.2) is 0 Å². The van der Waals surface area contributed by atoms with Gasteiger partial charge in [0.05, 0.1) is 20.1 Å². The van der Waals surface area contributed by atoms with Crippen molar-refractivity contribution in [1.82, 2.24) is 5.32 Å². The molecule has 1 aromatic carbocycles. The first-order valence-corrected chi connectivity index (χ1v) is 7.34. The molecule has 1 aromatic rings. The molecule has 0 aliphatic heterocycles. The van der Waals surface area contributed by atoms with Gasteiger partial charge >= 0.3 is 5.97 Å². The van der Waals surface area contributed by atoms with Gasteiger partial charge in [0.25, 0.3) is 0 Å². The van der Waals surface area contributed by atoms with Gasteiger partial charge < -0.3 is 20.5 Å². The van der Waals surface area contributed by atoms with Gasteiger partial charge in [0.15, 0.2) is 0 Å². The first-order chi connectivity index (χ1) is 11.0. The molecule has 0 bridgehead atoms. The molecule has 0 heterocycles. The largest absolute Gasteiger partial charge is 0.496 e. The Morgan fingerprint density at radius 2 is 1.91 bits per heavy atom. The Morgan fingerprint density at radius 1 is 1.22 bits per heavy atom. The minimum Gasteiger partial charge on any atom is -0.496 e. The summed E-state index contributed by atoms with van der Waals surface area (Å²) in [4.78, 5) is 34.6. The molecule has 7 nitrogen and oxygen atoms in total. The number of primary amides is 1. The van der Waals surface area contributed by atoms with Crippen molar-refractivity contribution in [3.8, 4) is 5.75 Å². The van der Waals surface area contributed by atoms with E-state index in [9.17, 15) is 14.4 Å². The Hall–Kier alpha value is -2.57. The standard InChI is InChI=1S/C16H22N2O5/c1-3-23-15(20)9-8-14(19)18-12(16(17)21)10-11-6-4-5-7-13(11)22-2/h4-7,12H,3,8-10H2,1-2H3,(H2,17,21)(H,18,19)/t12-/m1/s1. The number of hydrogen-bond acceptors (Lipinski definition) is 5. The van der Waals surface area contributed by atoms with Crippen LogP contribution in [0.4, 0.5) is 0 Å². The lowest BCUT2D eigenvalue weighted by atomic mass is 10.0. The highest BCUT2D eigenvalue weighted by Gasteiger charge is 2.20. The van der Waals surface area contributed by atoms with Crippen LogP contribution in [0.1, 0.15) is 25.3 Å². The molecule has 3 N–H and O–H groups in total. The number of methoxy groups -OCH3 is 1. The summed E-state index contributed by atoms with van der Waals surface area (Å²) < 4.78 is 9.95. The van der Waals surface area contributed by atoms with E-state index in [4.69, 9.17) is 15.2 Å². The Labute approximate surface area is 135 Å². The highest BCUT2D eigenvalue weighted by molar-refractivity contribution is 5.88. The van der Waals surface area contributed by atoms with Crippen molar-refractivity contribution in [3.05, 3.63) is 29.8 Å². The van der Waals surface area contributed by atoms with Gasteiger partial charge in [-0.1, -0.05) is 18.2 Å². The van der Waals surface area contributed by atoms with Gasteiger partial charge in [-0.3, -0.25) is 14.4 Å². The normalized spacial score (nSPS) is 11.4. The fourth-order valence-electron chi connectivity index (χ4n) is 2.03. The van der Waals surface area contributed by atoms with Crippen LogP contribution in [-0.4, -0.2) is 37.5 Å². The lowest BCUT2D eigenvalue weighted by Crippen LogP contribution is -2.46. The number of carbonyl (C=O) groups excluding carboxylic acids is 3. The molecule has 0 saturated heterocycles. The van der Waals surface area contributed by atoms with E-state index in [-0.39, 0.29) is 25.9 Å². The van der Waals surface area contributed by atoms with Crippen LogP contribution < -0.4 is 15.8 Å². The van der Waals surface area contributed by atoms with Gasteiger partial charge in [0.2, 0.25) is 11.8 Å². The SMILES string of the molecule is CCOC(=O)CCC(=O)N[C@H](Cc1ccccc1OC)C(N)=O. The fraction of sp³-hybridized carbons (Fsp3) is 0.438. The van der Waals surface area contributed by atoms with Crippen LogP contribution in [-0.2, 0) is 25.5 Å². The third kappa shape index (κ3) is 6.37. The summed E-state index contributed by atoms with van der Waals surface area (Å²) in [6.07, 6.45) is 0.110. The summed E-state index contributed by atoms with van der Waals surface area (Å²) in [7, 11) is 1.52. The number of para-hydroxylation sites is 1. The second-order valence-corrected chi connectivity index (χ2v) is 4.84. The average molecular weight is 322 g/mol. The zero-order valence-electron chi connectivity index (χ0n) is 13.3. The smallest absolute Gasteiger partial charge is 0.306 e. The van der Waals surface area contributed by atoms with E-state index in [2.05, 4.69) is 5.32 Å². The van der Waals surface area contributed by atoms with E-state index in [1.807, 2.05) is 0 Å². The second kappa shape index (κ2) is 9.45. The molecule has 23 heavy (non-hydrogen) atoms. The number of rotatable bonds is 9. The van der Waals surface area contributed by atoms with Crippen LogP contribution in [0.2, 0.25) is 0 Å². The molecule has 126 valence electrons. The van der Waals surface area contributed by atoms with Crippen molar-refractivity contribution in [2.75, 3.05) is 13.7 Å². The minimum atomic E-state index is -0.874. The molecule has 0 aliphatic carbocycles. The summed E-state index contributed by atoms with van der Waals surface area (Å²) in [5.41, 5.74) is 6.10. The molecule has 1 rings (SSSR count). The predicted octanol–water partition coefficient (Wildman–Crippen LogP) is 0.551. The van der Waals surface area contributed by atoms with Gasteiger partial charge in [-0.2, -0.15) is 0 Å². The second-order valence-electron chi connectivity index (χ2n) is 4.84. The van der Waals surface area contributed by atoms with Crippen LogP contribution in [0, 0.1) is 0 Å². The number of benzene rings is 1. The van der Waals surface area contributed by atoms with E-state index in [1.165, 1.54) is 7.11 Å². The first kappa shape index (κ1) is 18.5. The van der Waals surface area contributed by atoms with Gasteiger partial charge in [0, 0.05) is 12.8 Å². The van der Waals surface area contributed by atoms with Gasteiger partial charge in [0.1, 0.15) is 11.8 Å². The maximum absolute atomic E-state index is 11.9. The van der Waals surface area contributed by atoms with Crippen LogP contribution in [0.3, 0.4) is 0 Å². The molecule has 0 radical (unpaired) electrons. The van der Waals surface area contributed by atoms with Gasteiger partial charge in [-0.15, -0.1) is 0 Å². The van der Waals surface area contributed by atoms with Crippen molar-refractivity contribution < 1.29 is 23.9 Å². The number of hydrogen-bond donors (Lipinski definition) is 2. The van der Waals surface area contributed by atoms with Crippen LogP contribution in [0.25, 0.3) is 0 Å². The molecule has 0 aliphatic rings. The van der Waals surface area contributed by atoms with Crippen molar-refractivity contribution in [2.24, 2.45) is 5.73 Å².